The Morgan fingerprint density at radius 2 is 2.31 bits per heavy atom. The highest BCUT2D eigenvalue weighted by molar-refractivity contribution is 7.09. The largest absolute Gasteiger partial charge is 0.346 e. The molecule has 0 radical (unpaired) electrons. The van der Waals surface area contributed by atoms with Gasteiger partial charge in [0.25, 0.3) is 5.91 Å². The number of hydrogen-bond donors (Lipinski definition) is 1. The molecule has 1 saturated carbocycles. The van der Waals surface area contributed by atoms with Crippen LogP contribution in [0.15, 0.2) is 5.38 Å². The number of carbonyl (C=O) groups is 1. The van der Waals surface area contributed by atoms with Crippen LogP contribution in [-0.2, 0) is 0 Å². The van der Waals surface area contributed by atoms with Gasteiger partial charge in [0.2, 0.25) is 0 Å². The van der Waals surface area contributed by atoms with E-state index in [-0.39, 0.29) is 17.3 Å². The zero-order chi connectivity index (χ0) is 11.5. The molecule has 5 heteroatoms. The normalized spacial score (nSPS) is 25.4. The smallest absolute Gasteiger partial charge is 0.271 e. The Labute approximate surface area is 104 Å². The molecule has 2 unspecified atom stereocenters. The van der Waals surface area contributed by atoms with Gasteiger partial charge in [-0.05, 0) is 19.8 Å². The summed E-state index contributed by atoms with van der Waals surface area (Å²) < 4.78 is 0. The molecule has 1 aromatic rings. The molecule has 0 saturated heterocycles. The molecule has 0 bridgehead atoms. The molecule has 3 nitrogen and oxygen atoms in total. The van der Waals surface area contributed by atoms with Crippen molar-refractivity contribution in [3.63, 3.8) is 0 Å². The van der Waals surface area contributed by atoms with Crippen LogP contribution in [0.4, 0.5) is 0 Å². The quantitative estimate of drug-likeness (QED) is 0.829. The third-order valence-electron chi connectivity index (χ3n) is 2.85. The number of nitrogens with zero attached hydrogens (tertiary/aromatic N) is 1. The van der Waals surface area contributed by atoms with Crippen LogP contribution in [0.2, 0.25) is 0 Å². The number of hydrogen-bond acceptors (Lipinski definition) is 3. The topological polar surface area (TPSA) is 42.0 Å². The van der Waals surface area contributed by atoms with Crippen LogP contribution in [0.5, 0.6) is 0 Å². The molecule has 16 heavy (non-hydrogen) atoms. The standard InChI is InChI=1S/C11H15ClN2OS/c1-7-13-10(6-16-7)11(15)14-9-5-3-2-4-8(9)12/h6,8-9H,2-5H2,1H3,(H,14,15). The lowest BCUT2D eigenvalue weighted by Crippen LogP contribution is -2.42. The number of aryl methyl sites for hydroxylation is 1. The van der Waals surface area contributed by atoms with Gasteiger partial charge >= 0.3 is 0 Å². The number of halogens is 1. The molecule has 0 aliphatic heterocycles. The maximum absolute atomic E-state index is 11.8. The van der Waals surface area contributed by atoms with Gasteiger partial charge < -0.3 is 5.32 Å². The number of rotatable bonds is 2. The summed E-state index contributed by atoms with van der Waals surface area (Å²) in [7, 11) is 0. The van der Waals surface area contributed by atoms with Crippen molar-refractivity contribution in [3.8, 4) is 0 Å². The molecule has 1 aliphatic rings. The zero-order valence-electron chi connectivity index (χ0n) is 9.20. The van der Waals surface area contributed by atoms with Crippen molar-refractivity contribution < 1.29 is 4.79 Å². The van der Waals surface area contributed by atoms with Crippen molar-refractivity contribution in [2.45, 2.75) is 44.0 Å². The van der Waals surface area contributed by atoms with E-state index in [0.717, 1.165) is 30.7 Å². The summed E-state index contributed by atoms with van der Waals surface area (Å²) >= 11 is 7.68. The van der Waals surface area contributed by atoms with Gasteiger partial charge in [-0.3, -0.25) is 4.79 Å². The summed E-state index contributed by atoms with van der Waals surface area (Å²) in [6, 6.07) is 0.102. The van der Waals surface area contributed by atoms with E-state index in [0.29, 0.717) is 5.69 Å². The molecule has 2 atom stereocenters. The molecule has 1 fully saturated rings. The number of amides is 1. The first-order valence-electron chi connectivity index (χ1n) is 5.54. The van der Waals surface area contributed by atoms with Gasteiger partial charge in [0, 0.05) is 11.4 Å². The van der Waals surface area contributed by atoms with Crippen LogP contribution >= 0.6 is 22.9 Å². The molecule has 88 valence electrons. The Kier molecular flexibility index (Phi) is 3.82. The van der Waals surface area contributed by atoms with E-state index < -0.39 is 0 Å². The molecule has 1 heterocycles. The van der Waals surface area contributed by atoms with Crippen molar-refractivity contribution in [1.29, 1.82) is 0 Å². The summed E-state index contributed by atoms with van der Waals surface area (Å²) in [5, 5.41) is 5.74. The van der Waals surface area contributed by atoms with Crippen LogP contribution in [-0.4, -0.2) is 22.3 Å². The maximum Gasteiger partial charge on any atom is 0.271 e. The van der Waals surface area contributed by atoms with Crippen LogP contribution in [0, 0.1) is 6.92 Å². The highest BCUT2D eigenvalue weighted by atomic mass is 35.5. The van der Waals surface area contributed by atoms with E-state index in [2.05, 4.69) is 10.3 Å². The van der Waals surface area contributed by atoms with Gasteiger partial charge in [-0.25, -0.2) is 4.98 Å². The second kappa shape index (κ2) is 5.15. The van der Waals surface area contributed by atoms with E-state index in [1.165, 1.54) is 11.3 Å². The zero-order valence-corrected chi connectivity index (χ0v) is 10.8. The first kappa shape index (κ1) is 11.9. The van der Waals surface area contributed by atoms with Crippen molar-refractivity contribution in [1.82, 2.24) is 10.3 Å². The van der Waals surface area contributed by atoms with E-state index in [1.54, 1.807) is 5.38 Å². The summed E-state index contributed by atoms with van der Waals surface area (Å²) in [5.41, 5.74) is 0.511. The summed E-state index contributed by atoms with van der Waals surface area (Å²) in [4.78, 5) is 16.0. The number of carbonyl (C=O) groups excluding carboxylic acids is 1. The first-order valence-corrected chi connectivity index (χ1v) is 6.85. The average molecular weight is 259 g/mol. The van der Waals surface area contributed by atoms with Crippen molar-refractivity contribution >= 4 is 28.8 Å². The second-order valence-corrected chi connectivity index (χ2v) is 5.75. The van der Waals surface area contributed by atoms with Gasteiger partial charge in [-0.2, -0.15) is 0 Å². The molecular formula is C11H15ClN2OS. The van der Waals surface area contributed by atoms with Crippen molar-refractivity contribution in [2.24, 2.45) is 0 Å². The molecule has 1 aromatic heterocycles. The maximum atomic E-state index is 11.8. The molecule has 0 spiro atoms. The van der Waals surface area contributed by atoms with Crippen LogP contribution < -0.4 is 5.32 Å². The van der Waals surface area contributed by atoms with Gasteiger partial charge in [0.15, 0.2) is 0 Å². The number of aromatic nitrogens is 1. The highest BCUT2D eigenvalue weighted by Gasteiger charge is 2.25. The van der Waals surface area contributed by atoms with Crippen molar-refractivity contribution in [3.05, 3.63) is 16.1 Å². The monoisotopic (exact) mass is 258 g/mol. The third kappa shape index (κ3) is 2.74. The average Bonchev–Trinajstić information content (AvgIpc) is 2.68. The minimum atomic E-state index is -0.0955. The van der Waals surface area contributed by atoms with Gasteiger partial charge in [0.05, 0.1) is 10.4 Å². The molecule has 2 rings (SSSR count). The summed E-state index contributed by atoms with van der Waals surface area (Å²) in [6.07, 6.45) is 4.27. The molecule has 1 aliphatic carbocycles. The summed E-state index contributed by atoms with van der Waals surface area (Å²) in [6.45, 7) is 1.90. The second-order valence-electron chi connectivity index (χ2n) is 4.13. The number of alkyl halides is 1. The molecule has 1 N–H and O–H groups in total. The summed E-state index contributed by atoms with van der Waals surface area (Å²) in [5.74, 6) is -0.0955. The van der Waals surface area contributed by atoms with E-state index in [4.69, 9.17) is 11.6 Å². The van der Waals surface area contributed by atoms with Crippen LogP contribution in [0.25, 0.3) is 0 Å². The van der Waals surface area contributed by atoms with Crippen LogP contribution in [0.3, 0.4) is 0 Å². The third-order valence-corrected chi connectivity index (χ3v) is 4.15. The molecular weight excluding hydrogens is 244 g/mol. The highest BCUT2D eigenvalue weighted by Crippen LogP contribution is 2.23. The first-order chi connectivity index (χ1) is 7.66. The molecule has 1 amide bonds. The Balaban J connectivity index is 1.96. The lowest BCUT2D eigenvalue weighted by molar-refractivity contribution is 0.0924. The Morgan fingerprint density at radius 1 is 1.56 bits per heavy atom. The van der Waals surface area contributed by atoms with E-state index >= 15 is 0 Å². The lowest BCUT2D eigenvalue weighted by Gasteiger charge is -2.27. The van der Waals surface area contributed by atoms with E-state index in [9.17, 15) is 4.79 Å². The fourth-order valence-corrected chi connectivity index (χ4v) is 2.89. The van der Waals surface area contributed by atoms with Crippen LogP contribution in [0.1, 0.15) is 41.2 Å². The molecule has 0 aromatic carbocycles. The predicted molar refractivity (Wildman–Crippen MR) is 66.2 cm³/mol. The SMILES string of the molecule is Cc1nc(C(=O)NC2CCCCC2Cl)cs1. The Morgan fingerprint density at radius 3 is 2.94 bits per heavy atom. The lowest BCUT2D eigenvalue weighted by atomic mass is 9.95. The minimum absolute atomic E-state index is 0.0671. The van der Waals surface area contributed by atoms with E-state index in [1.807, 2.05) is 6.92 Å². The number of thiazole rings is 1. The van der Waals surface area contributed by atoms with Gasteiger partial charge in [-0.1, -0.05) is 12.8 Å². The Hall–Kier alpha value is -0.610. The Bertz CT molecular complexity index is 380. The minimum Gasteiger partial charge on any atom is -0.346 e. The fourth-order valence-electron chi connectivity index (χ4n) is 1.96. The van der Waals surface area contributed by atoms with Gasteiger partial charge in [0.1, 0.15) is 5.69 Å². The van der Waals surface area contributed by atoms with Gasteiger partial charge in [-0.15, -0.1) is 22.9 Å². The predicted octanol–water partition coefficient (Wildman–Crippen LogP) is 2.73. The fraction of sp³-hybridized carbons (Fsp3) is 0.636. The van der Waals surface area contributed by atoms with Crippen molar-refractivity contribution in [2.75, 3.05) is 0 Å². The number of nitrogens with one attached hydrogen (secondary N) is 1.